The van der Waals surface area contributed by atoms with Crippen LogP contribution in [-0.4, -0.2) is 40.7 Å². The largest absolute Gasteiger partial charge is 0.490 e. The van der Waals surface area contributed by atoms with E-state index in [9.17, 15) is 0 Å². The molecule has 0 radical (unpaired) electrons. The minimum absolute atomic E-state index is 0.0493. The average molecular weight is 307 g/mol. The zero-order valence-electron chi connectivity index (χ0n) is 12.2. The Labute approximate surface area is 129 Å². The third kappa shape index (κ3) is 3.35. The van der Waals surface area contributed by atoms with Crippen LogP contribution in [0.5, 0.6) is 5.75 Å². The molecule has 2 saturated heterocycles. The quantitative estimate of drug-likeness (QED) is 0.529. The SMILES string of the molecule is C/C(=N/O)c1ccc(OC2CCOC3(CCSC3)C2)cc1. The van der Waals surface area contributed by atoms with E-state index in [-0.39, 0.29) is 11.7 Å². The molecule has 0 aromatic heterocycles. The lowest BCUT2D eigenvalue weighted by Gasteiger charge is -2.37. The van der Waals surface area contributed by atoms with Gasteiger partial charge in [-0.1, -0.05) is 5.16 Å². The minimum Gasteiger partial charge on any atom is -0.490 e. The normalized spacial score (nSPS) is 29.8. The van der Waals surface area contributed by atoms with E-state index < -0.39 is 0 Å². The van der Waals surface area contributed by atoms with Gasteiger partial charge in [0.25, 0.3) is 0 Å². The lowest BCUT2D eigenvalue weighted by Crippen LogP contribution is -2.43. The van der Waals surface area contributed by atoms with Gasteiger partial charge in [-0.2, -0.15) is 11.8 Å². The summed E-state index contributed by atoms with van der Waals surface area (Å²) in [5.41, 5.74) is 1.56. The zero-order chi connectivity index (χ0) is 14.7. The predicted octanol–water partition coefficient (Wildman–Crippen LogP) is 3.32. The van der Waals surface area contributed by atoms with Gasteiger partial charge in [-0.3, -0.25) is 0 Å². The molecular formula is C16H21NO3S. The maximum Gasteiger partial charge on any atom is 0.119 e. The van der Waals surface area contributed by atoms with Gasteiger partial charge < -0.3 is 14.7 Å². The van der Waals surface area contributed by atoms with Crippen LogP contribution in [0.1, 0.15) is 31.7 Å². The predicted molar refractivity (Wildman–Crippen MR) is 84.7 cm³/mol. The summed E-state index contributed by atoms with van der Waals surface area (Å²) in [6.45, 7) is 2.56. The second-order valence-electron chi connectivity index (χ2n) is 5.78. The Morgan fingerprint density at radius 1 is 1.43 bits per heavy atom. The third-order valence-corrected chi connectivity index (χ3v) is 5.46. The van der Waals surface area contributed by atoms with Gasteiger partial charge in [0.1, 0.15) is 11.9 Å². The van der Waals surface area contributed by atoms with Gasteiger partial charge in [-0.05, 0) is 48.9 Å². The Hall–Kier alpha value is -1.20. The maximum atomic E-state index is 8.78. The zero-order valence-corrected chi connectivity index (χ0v) is 13.1. The lowest BCUT2D eigenvalue weighted by atomic mass is 9.91. The van der Waals surface area contributed by atoms with E-state index in [4.69, 9.17) is 14.7 Å². The van der Waals surface area contributed by atoms with Crippen molar-refractivity contribution in [3.05, 3.63) is 29.8 Å². The van der Waals surface area contributed by atoms with Gasteiger partial charge in [0.15, 0.2) is 0 Å². The number of oxime groups is 1. The van der Waals surface area contributed by atoms with E-state index in [2.05, 4.69) is 5.16 Å². The molecule has 2 fully saturated rings. The molecule has 3 rings (SSSR count). The molecule has 0 amide bonds. The van der Waals surface area contributed by atoms with Crippen molar-refractivity contribution in [1.29, 1.82) is 0 Å². The molecule has 1 aromatic rings. The molecule has 0 aliphatic carbocycles. The molecule has 0 saturated carbocycles. The first-order valence-corrected chi connectivity index (χ1v) is 8.54. The minimum atomic E-state index is 0.0493. The van der Waals surface area contributed by atoms with Crippen molar-refractivity contribution < 1.29 is 14.7 Å². The van der Waals surface area contributed by atoms with E-state index in [1.165, 1.54) is 5.75 Å². The van der Waals surface area contributed by atoms with Crippen LogP contribution in [0.25, 0.3) is 0 Å². The molecule has 5 heteroatoms. The summed E-state index contributed by atoms with van der Waals surface area (Å²) in [5, 5.41) is 12.0. The number of hydrogen-bond acceptors (Lipinski definition) is 5. The molecule has 1 aromatic carbocycles. The average Bonchev–Trinajstić information content (AvgIpc) is 2.95. The second kappa shape index (κ2) is 6.28. The highest BCUT2D eigenvalue weighted by atomic mass is 32.2. The number of thioether (sulfide) groups is 1. The molecule has 1 N–H and O–H groups in total. The molecule has 2 aliphatic rings. The molecule has 21 heavy (non-hydrogen) atoms. The summed E-state index contributed by atoms with van der Waals surface area (Å²) < 4.78 is 12.1. The summed E-state index contributed by atoms with van der Waals surface area (Å²) in [4.78, 5) is 0. The molecule has 4 nitrogen and oxygen atoms in total. The fourth-order valence-corrected chi connectivity index (χ4v) is 4.35. The van der Waals surface area contributed by atoms with Crippen molar-refractivity contribution in [2.24, 2.45) is 5.16 Å². The fraction of sp³-hybridized carbons (Fsp3) is 0.562. The van der Waals surface area contributed by atoms with Crippen LogP contribution >= 0.6 is 11.8 Å². The number of nitrogens with zero attached hydrogens (tertiary/aromatic N) is 1. The Morgan fingerprint density at radius 2 is 2.24 bits per heavy atom. The Balaban J connectivity index is 1.63. The van der Waals surface area contributed by atoms with Gasteiger partial charge in [-0.15, -0.1) is 0 Å². The van der Waals surface area contributed by atoms with Gasteiger partial charge in [0.2, 0.25) is 0 Å². The third-order valence-electron chi connectivity index (χ3n) is 4.24. The molecule has 2 unspecified atom stereocenters. The fourth-order valence-electron chi connectivity index (χ4n) is 2.97. The van der Waals surface area contributed by atoms with Crippen LogP contribution in [0.15, 0.2) is 29.4 Å². The van der Waals surface area contributed by atoms with Gasteiger partial charge >= 0.3 is 0 Å². The highest BCUT2D eigenvalue weighted by Crippen LogP contribution is 2.39. The van der Waals surface area contributed by atoms with Crippen molar-refractivity contribution in [2.75, 3.05) is 18.1 Å². The Morgan fingerprint density at radius 3 is 2.90 bits per heavy atom. The van der Waals surface area contributed by atoms with Crippen LogP contribution in [0.2, 0.25) is 0 Å². The molecule has 114 valence electrons. The van der Waals surface area contributed by atoms with E-state index in [0.717, 1.165) is 42.9 Å². The summed E-state index contributed by atoms with van der Waals surface area (Å²) in [7, 11) is 0. The molecule has 1 spiro atoms. The van der Waals surface area contributed by atoms with E-state index in [0.29, 0.717) is 5.71 Å². The van der Waals surface area contributed by atoms with Crippen LogP contribution in [0.3, 0.4) is 0 Å². The maximum absolute atomic E-state index is 8.78. The summed E-state index contributed by atoms with van der Waals surface area (Å²) in [6, 6.07) is 7.72. The first kappa shape index (κ1) is 14.7. The smallest absolute Gasteiger partial charge is 0.119 e. The first-order chi connectivity index (χ1) is 10.2. The molecule has 2 aliphatic heterocycles. The van der Waals surface area contributed by atoms with Crippen LogP contribution in [0.4, 0.5) is 0 Å². The van der Waals surface area contributed by atoms with Crippen LogP contribution in [0, 0.1) is 0 Å². The molecular weight excluding hydrogens is 286 g/mol. The number of ether oxygens (including phenoxy) is 2. The van der Waals surface area contributed by atoms with Crippen molar-refractivity contribution in [2.45, 2.75) is 37.9 Å². The monoisotopic (exact) mass is 307 g/mol. The van der Waals surface area contributed by atoms with Gasteiger partial charge in [-0.25, -0.2) is 0 Å². The Bertz CT molecular complexity index is 509. The highest BCUT2D eigenvalue weighted by molar-refractivity contribution is 7.99. The molecule has 0 bridgehead atoms. The summed E-state index contributed by atoms with van der Waals surface area (Å²) >= 11 is 1.98. The first-order valence-electron chi connectivity index (χ1n) is 7.38. The van der Waals surface area contributed by atoms with Gasteiger partial charge in [0.05, 0.1) is 17.9 Å². The topological polar surface area (TPSA) is 51.1 Å². The number of rotatable bonds is 3. The highest BCUT2D eigenvalue weighted by Gasteiger charge is 2.41. The number of benzene rings is 1. The molecule has 2 heterocycles. The number of hydrogen-bond donors (Lipinski definition) is 1. The van der Waals surface area contributed by atoms with E-state index in [1.54, 1.807) is 6.92 Å². The lowest BCUT2D eigenvalue weighted by molar-refractivity contribution is -0.0958. The van der Waals surface area contributed by atoms with E-state index in [1.807, 2.05) is 36.0 Å². The van der Waals surface area contributed by atoms with Crippen molar-refractivity contribution in [3.63, 3.8) is 0 Å². The van der Waals surface area contributed by atoms with Crippen LogP contribution in [-0.2, 0) is 4.74 Å². The van der Waals surface area contributed by atoms with Crippen molar-refractivity contribution in [3.8, 4) is 5.75 Å². The summed E-state index contributed by atoms with van der Waals surface area (Å²) in [6.07, 6.45) is 3.31. The second-order valence-corrected chi connectivity index (χ2v) is 6.88. The van der Waals surface area contributed by atoms with Crippen LogP contribution < -0.4 is 4.74 Å². The Kier molecular flexibility index (Phi) is 4.40. The molecule has 2 atom stereocenters. The van der Waals surface area contributed by atoms with Crippen molar-refractivity contribution >= 4 is 17.5 Å². The summed E-state index contributed by atoms with van der Waals surface area (Å²) in [5.74, 6) is 3.16. The van der Waals surface area contributed by atoms with Gasteiger partial charge in [0, 0.05) is 18.6 Å². The van der Waals surface area contributed by atoms with Crippen molar-refractivity contribution in [1.82, 2.24) is 0 Å². The standard InChI is InChI=1S/C16H21NO3S/c1-12(17-18)13-2-4-14(5-3-13)20-15-6-8-19-16(10-15)7-9-21-11-16/h2-5,15,18H,6-11H2,1H3/b17-12-. The van der Waals surface area contributed by atoms with E-state index >= 15 is 0 Å².